The zero-order valence-electron chi connectivity index (χ0n) is 10.8. The standard InChI is InChI=1S/C14H17ClFNO/c1-4-14(2,3)17-13(18)8-6-10-5-7-12(16)11(15)9-10/h5-9H,4H2,1-3H3,(H,17,18)/b8-6+. The fraction of sp³-hybridized carbons (Fsp3) is 0.357. The van der Waals surface area contributed by atoms with E-state index in [0.29, 0.717) is 5.56 Å². The smallest absolute Gasteiger partial charge is 0.244 e. The minimum atomic E-state index is -0.467. The Morgan fingerprint density at radius 1 is 1.50 bits per heavy atom. The van der Waals surface area contributed by atoms with E-state index in [9.17, 15) is 9.18 Å². The Morgan fingerprint density at radius 2 is 2.17 bits per heavy atom. The van der Waals surface area contributed by atoms with E-state index in [4.69, 9.17) is 11.6 Å². The predicted octanol–water partition coefficient (Wildman–Crippen LogP) is 3.80. The molecule has 1 amide bonds. The minimum Gasteiger partial charge on any atom is -0.348 e. The van der Waals surface area contributed by atoms with Gasteiger partial charge in [0, 0.05) is 11.6 Å². The van der Waals surface area contributed by atoms with E-state index in [1.165, 1.54) is 18.2 Å². The number of nitrogens with one attached hydrogen (secondary N) is 1. The van der Waals surface area contributed by atoms with E-state index in [1.807, 2.05) is 20.8 Å². The van der Waals surface area contributed by atoms with Gasteiger partial charge in [-0.15, -0.1) is 0 Å². The molecule has 1 rings (SSSR count). The zero-order chi connectivity index (χ0) is 13.8. The topological polar surface area (TPSA) is 29.1 Å². The molecule has 4 heteroatoms. The number of carbonyl (C=O) groups is 1. The van der Waals surface area contributed by atoms with Crippen LogP contribution < -0.4 is 5.32 Å². The molecule has 0 aromatic heterocycles. The lowest BCUT2D eigenvalue weighted by Gasteiger charge is -2.23. The second-order valence-electron chi connectivity index (χ2n) is 4.73. The predicted molar refractivity (Wildman–Crippen MR) is 73.0 cm³/mol. The van der Waals surface area contributed by atoms with Crippen molar-refractivity contribution in [1.82, 2.24) is 5.32 Å². The Labute approximate surface area is 112 Å². The molecule has 0 spiro atoms. The van der Waals surface area contributed by atoms with Crippen LogP contribution in [0.5, 0.6) is 0 Å². The van der Waals surface area contributed by atoms with Crippen LogP contribution in [0.4, 0.5) is 4.39 Å². The lowest BCUT2D eigenvalue weighted by Crippen LogP contribution is -2.41. The molecule has 0 fully saturated rings. The number of hydrogen-bond donors (Lipinski definition) is 1. The summed E-state index contributed by atoms with van der Waals surface area (Å²) in [7, 11) is 0. The molecule has 0 bridgehead atoms. The third kappa shape index (κ3) is 4.49. The summed E-state index contributed by atoms with van der Waals surface area (Å²) in [6, 6.07) is 4.32. The molecule has 0 unspecified atom stereocenters. The zero-order valence-corrected chi connectivity index (χ0v) is 11.5. The first-order valence-corrected chi connectivity index (χ1v) is 6.17. The van der Waals surface area contributed by atoms with E-state index in [0.717, 1.165) is 6.42 Å². The number of halogens is 2. The molecule has 0 heterocycles. The van der Waals surface area contributed by atoms with Crippen molar-refractivity contribution in [2.24, 2.45) is 0 Å². The summed E-state index contributed by atoms with van der Waals surface area (Å²) >= 11 is 5.65. The number of amides is 1. The van der Waals surface area contributed by atoms with Gasteiger partial charge in [0.25, 0.3) is 0 Å². The highest BCUT2D eigenvalue weighted by atomic mass is 35.5. The van der Waals surface area contributed by atoms with Gasteiger partial charge >= 0.3 is 0 Å². The summed E-state index contributed by atoms with van der Waals surface area (Å²) < 4.78 is 12.9. The van der Waals surface area contributed by atoms with Crippen molar-refractivity contribution < 1.29 is 9.18 Å². The highest BCUT2D eigenvalue weighted by molar-refractivity contribution is 6.30. The van der Waals surface area contributed by atoms with E-state index >= 15 is 0 Å². The molecule has 0 aliphatic rings. The number of hydrogen-bond acceptors (Lipinski definition) is 1. The highest BCUT2D eigenvalue weighted by Gasteiger charge is 2.15. The molecule has 0 radical (unpaired) electrons. The van der Waals surface area contributed by atoms with Crippen molar-refractivity contribution in [1.29, 1.82) is 0 Å². The van der Waals surface area contributed by atoms with Crippen molar-refractivity contribution in [2.45, 2.75) is 32.7 Å². The van der Waals surface area contributed by atoms with Gasteiger partial charge in [-0.1, -0.05) is 24.6 Å². The van der Waals surface area contributed by atoms with Crippen LogP contribution in [0.25, 0.3) is 6.08 Å². The van der Waals surface area contributed by atoms with Gasteiger partial charge in [-0.05, 0) is 44.0 Å². The largest absolute Gasteiger partial charge is 0.348 e. The molecule has 1 aromatic rings. The van der Waals surface area contributed by atoms with Gasteiger partial charge in [0.2, 0.25) is 5.91 Å². The summed E-state index contributed by atoms with van der Waals surface area (Å²) in [5.74, 6) is -0.646. The van der Waals surface area contributed by atoms with E-state index in [-0.39, 0.29) is 16.5 Å². The average Bonchev–Trinajstić information content (AvgIpc) is 2.30. The van der Waals surface area contributed by atoms with Gasteiger partial charge in [0.1, 0.15) is 5.82 Å². The molecule has 18 heavy (non-hydrogen) atoms. The van der Waals surface area contributed by atoms with Crippen molar-refractivity contribution in [2.75, 3.05) is 0 Å². The molecule has 0 aliphatic carbocycles. The Morgan fingerprint density at radius 3 is 2.72 bits per heavy atom. The van der Waals surface area contributed by atoms with Crippen LogP contribution >= 0.6 is 11.6 Å². The molecule has 0 atom stereocenters. The lowest BCUT2D eigenvalue weighted by molar-refractivity contribution is -0.117. The van der Waals surface area contributed by atoms with Crippen LogP contribution in [0.2, 0.25) is 5.02 Å². The third-order valence-corrected chi connectivity index (χ3v) is 3.01. The van der Waals surface area contributed by atoms with Gasteiger partial charge in [-0.25, -0.2) is 4.39 Å². The monoisotopic (exact) mass is 269 g/mol. The van der Waals surface area contributed by atoms with Crippen molar-refractivity contribution >= 4 is 23.6 Å². The molecule has 2 nitrogen and oxygen atoms in total. The molecule has 0 saturated heterocycles. The Hall–Kier alpha value is -1.35. The fourth-order valence-corrected chi connectivity index (χ4v) is 1.44. The van der Waals surface area contributed by atoms with Gasteiger partial charge in [0.05, 0.1) is 5.02 Å². The first-order valence-electron chi connectivity index (χ1n) is 5.79. The van der Waals surface area contributed by atoms with Crippen LogP contribution in [-0.2, 0) is 4.79 Å². The number of carbonyl (C=O) groups excluding carboxylic acids is 1. The molecule has 98 valence electrons. The van der Waals surface area contributed by atoms with Crippen molar-refractivity contribution in [3.63, 3.8) is 0 Å². The normalized spacial score (nSPS) is 11.8. The maximum absolute atomic E-state index is 12.9. The Kier molecular flexibility index (Phi) is 4.91. The van der Waals surface area contributed by atoms with Crippen LogP contribution in [0.1, 0.15) is 32.8 Å². The van der Waals surface area contributed by atoms with E-state index in [2.05, 4.69) is 5.32 Å². The van der Waals surface area contributed by atoms with Gasteiger partial charge in [-0.2, -0.15) is 0 Å². The Bertz CT molecular complexity index is 469. The maximum atomic E-state index is 12.9. The highest BCUT2D eigenvalue weighted by Crippen LogP contribution is 2.16. The summed E-state index contributed by atoms with van der Waals surface area (Å²) in [5, 5.41) is 2.92. The maximum Gasteiger partial charge on any atom is 0.244 e. The van der Waals surface area contributed by atoms with Crippen LogP contribution in [0, 0.1) is 5.82 Å². The Balaban J connectivity index is 2.69. The SMILES string of the molecule is CCC(C)(C)NC(=O)/C=C/c1ccc(F)c(Cl)c1. The van der Waals surface area contributed by atoms with Gasteiger partial charge in [0.15, 0.2) is 0 Å². The number of rotatable bonds is 4. The quantitative estimate of drug-likeness (QED) is 0.828. The first-order chi connectivity index (χ1) is 8.34. The third-order valence-electron chi connectivity index (χ3n) is 2.72. The molecular formula is C14H17ClFNO. The second-order valence-corrected chi connectivity index (χ2v) is 5.14. The summed E-state index contributed by atoms with van der Waals surface area (Å²) in [4.78, 5) is 11.6. The number of benzene rings is 1. The summed E-state index contributed by atoms with van der Waals surface area (Å²) in [6.07, 6.45) is 3.86. The molecule has 0 aliphatic heterocycles. The van der Waals surface area contributed by atoms with E-state index in [1.54, 1.807) is 12.1 Å². The molecule has 0 saturated carbocycles. The van der Waals surface area contributed by atoms with Gasteiger partial charge < -0.3 is 5.32 Å². The van der Waals surface area contributed by atoms with E-state index < -0.39 is 5.82 Å². The van der Waals surface area contributed by atoms with Gasteiger partial charge in [-0.3, -0.25) is 4.79 Å². The van der Waals surface area contributed by atoms with Crippen LogP contribution in [0.3, 0.4) is 0 Å². The molecule has 1 aromatic carbocycles. The lowest BCUT2D eigenvalue weighted by atomic mass is 10.0. The molecular weight excluding hydrogens is 253 g/mol. The summed E-state index contributed by atoms with van der Waals surface area (Å²) in [5.41, 5.74) is 0.452. The fourth-order valence-electron chi connectivity index (χ4n) is 1.25. The van der Waals surface area contributed by atoms with Crippen LogP contribution in [0.15, 0.2) is 24.3 Å². The first kappa shape index (κ1) is 14.7. The summed E-state index contributed by atoms with van der Waals surface area (Å²) in [6.45, 7) is 5.91. The minimum absolute atomic E-state index is 0.0476. The molecule has 1 N–H and O–H groups in total. The average molecular weight is 270 g/mol. The van der Waals surface area contributed by atoms with Crippen molar-refractivity contribution in [3.05, 3.63) is 40.7 Å². The van der Waals surface area contributed by atoms with Crippen molar-refractivity contribution in [3.8, 4) is 0 Å². The van der Waals surface area contributed by atoms with Crippen LogP contribution in [-0.4, -0.2) is 11.4 Å². The second kappa shape index (κ2) is 6.01.